The van der Waals surface area contributed by atoms with E-state index in [1.54, 1.807) is 7.11 Å². The third-order valence-corrected chi connectivity index (χ3v) is 3.75. The molecule has 1 atom stereocenters. The van der Waals surface area contributed by atoms with Crippen LogP contribution in [0.4, 0.5) is 0 Å². The molecule has 0 aromatic heterocycles. The second kappa shape index (κ2) is 6.10. The van der Waals surface area contributed by atoms with Gasteiger partial charge in [0.25, 0.3) is 0 Å². The molecular weight excluding hydrogens is 272 g/mol. The molecule has 1 unspecified atom stereocenters. The molecule has 0 aliphatic heterocycles. The van der Waals surface area contributed by atoms with E-state index in [4.69, 9.17) is 16.3 Å². The van der Waals surface area contributed by atoms with Crippen LogP contribution in [0.25, 0.3) is 0 Å². The first-order chi connectivity index (χ1) is 9.57. The standard InChI is InChI=1S/C17H17ClO2/c1-17(12-19,11-13-3-7-15(18)8-4-13)14-5-9-16(20-2)10-6-14/h3-10,12H,11H2,1-2H3. The van der Waals surface area contributed by atoms with Gasteiger partial charge < -0.3 is 9.53 Å². The second-order valence-electron chi connectivity index (χ2n) is 5.07. The van der Waals surface area contributed by atoms with Crippen LogP contribution in [0.5, 0.6) is 5.75 Å². The van der Waals surface area contributed by atoms with Crippen LogP contribution < -0.4 is 4.74 Å². The molecule has 0 saturated heterocycles. The fourth-order valence-corrected chi connectivity index (χ4v) is 2.34. The van der Waals surface area contributed by atoms with Crippen molar-refractivity contribution in [3.63, 3.8) is 0 Å². The summed E-state index contributed by atoms with van der Waals surface area (Å²) in [7, 11) is 1.63. The Balaban J connectivity index is 2.27. The molecular formula is C17H17ClO2. The Kier molecular flexibility index (Phi) is 4.46. The van der Waals surface area contributed by atoms with Crippen LogP contribution in [0.3, 0.4) is 0 Å². The number of carbonyl (C=O) groups is 1. The smallest absolute Gasteiger partial charge is 0.130 e. The highest BCUT2D eigenvalue weighted by Crippen LogP contribution is 2.28. The molecule has 0 radical (unpaired) electrons. The molecule has 0 bridgehead atoms. The summed E-state index contributed by atoms with van der Waals surface area (Å²) in [6.07, 6.45) is 1.64. The van der Waals surface area contributed by atoms with E-state index in [9.17, 15) is 4.79 Å². The Morgan fingerprint density at radius 1 is 1.10 bits per heavy atom. The van der Waals surface area contributed by atoms with Crippen LogP contribution in [0.15, 0.2) is 48.5 Å². The van der Waals surface area contributed by atoms with Crippen molar-refractivity contribution in [2.75, 3.05) is 7.11 Å². The Hall–Kier alpha value is -1.80. The van der Waals surface area contributed by atoms with E-state index in [1.165, 1.54) is 0 Å². The number of rotatable bonds is 5. The Morgan fingerprint density at radius 3 is 2.20 bits per heavy atom. The van der Waals surface area contributed by atoms with Crippen LogP contribution in [0.1, 0.15) is 18.1 Å². The maximum atomic E-state index is 11.6. The molecule has 0 spiro atoms. The van der Waals surface area contributed by atoms with Gasteiger partial charge in [0, 0.05) is 5.02 Å². The monoisotopic (exact) mass is 288 g/mol. The second-order valence-corrected chi connectivity index (χ2v) is 5.50. The molecule has 2 aromatic rings. The minimum atomic E-state index is -0.555. The van der Waals surface area contributed by atoms with Crippen molar-refractivity contribution >= 4 is 17.9 Å². The minimum Gasteiger partial charge on any atom is -0.497 e. The van der Waals surface area contributed by atoms with Crippen molar-refractivity contribution in [2.24, 2.45) is 0 Å². The van der Waals surface area contributed by atoms with Crippen LogP contribution in [-0.4, -0.2) is 13.4 Å². The summed E-state index contributed by atoms with van der Waals surface area (Å²) in [4.78, 5) is 11.6. The van der Waals surface area contributed by atoms with E-state index in [1.807, 2.05) is 55.5 Å². The van der Waals surface area contributed by atoms with Gasteiger partial charge in [-0.05, 0) is 48.7 Å². The van der Waals surface area contributed by atoms with Crippen molar-refractivity contribution in [1.82, 2.24) is 0 Å². The van der Waals surface area contributed by atoms with Crippen LogP contribution in [-0.2, 0) is 16.6 Å². The lowest BCUT2D eigenvalue weighted by Crippen LogP contribution is -2.26. The summed E-state index contributed by atoms with van der Waals surface area (Å²) in [6.45, 7) is 1.94. The number of ether oxygens (including phenoxy) is 1. The van der Waals surface area contributed by atoms with Crippen molar-refractivity contribution in [3.8, 4) is 5.75 Å². The zero-order valence-electron chi connectivity index (χ0n) is 11.6. The molecule has 3 heteroatoms. The average Bonchev–Trinajstić information content (AvgIpc) is 2.49. The summed E-state index contributed by atoms with van der Waals surface area (Å²) < 4.78 is 5.14. The van der Waals surface area contributed by atoms with Crippen LogP contribution >= 0.6 is 11.6 Å². The third kappa shape index (κ3) is 3.20. The lowest BCUT2D eigenvalue weighted by atomic mass is 9.78. The van der Waals surface area contributed by atoms with Gasteiger partial charge in [-0.15, -0.1) is 0 Å². The maximum Gasteiger partial charge on any atom is 0.130 e. The van der Waals surface area contributed by atoms with Crippen molar-refractivity contribution in [3.05, 3.63) is 64.7 Å². The van der Waals surface area contributed by atoms with Crippen LogP contribution in [0, 0.1) is 0 Å². The summed E-state index contributed by atoms with van der Waals surface area (Å²) in [6, 6.07) is 15.2. The highest BCUT2D eigenvalue weighted by molar-refractivity contribution is 6.30. The van der Waals surface area contributed by atoms with E-state index in [2.05, 4.69) is 0 Å². The summed E-state index contributed by atoms with van der Waals surface area (Å²) in [5, 5.41) is 0.700. The summed E-state index contributed by atoms with van der Waals surface area (Å²) in [5.74, 6) is 0.786. The first-order valence-corrected chi connectivity index (χ1v) is 6.80. The molecule has 2 nitrogen and oxygen atoms in total. The number of hydrogen-bond acceptors (Lipinski definition) is 2. The zero-order valence-corrected chi connectivity index (χ0v) is 12.4. The number of benzene rings is 2. The highest BCUT2D eigenvalue weighted by Gasteiger charge is 2.26. The number of halogens is 1. The fraction of sp³-hybridized carbons (Fsp3) is 0.235. The largest absolute Gasteiger partial charge is 0.497 e. The Morgan fingerprint density at radius 2 is 1.70 bits per heavy atom. The Bertz CT molecular complexity index is 575. The van der Waals surface area contributed by atoms with Gasteiger partial charge >= 0.3 is 0 Å². The van der Waals surface area contributed by atoms with Gasteiger partial charge in [0.1, 0.15) is 12.0 Å². The van der Waals surface area contributed by atoms with Gasteiger partial charge in [0.15, 0.2) is 0 Å². The van der Waals surface area contributed by atoms with Crippen molar-refractivity contribution in [1.29, 1.82) is 0 Å². The molecule has 104 valence electrons. The number of carbonyl (C=O) groups excluding carboxylic acids is 1. The molecule has 0 N–H and O–H groups in total. The first kappa shape index (κ1) is 14.6. The summed E-state index contributed by atoms with van der Waals surface area (Å²) in [5.41, 5.74) is 1.50. The fourth-order valence-electron chi connectivity index (χ4n) is 2.21. The lowest BCUT2D eigenvalue weighted by Gasteiger charge is -2.24. The van der Waals surface area contributed by atoms with Gasteiger partial charge in [-0.25, -0.2) is 0 Å². The third-order valence-electron chi connectivity index (χ3n) is 3.49. The van der Waals surface area contributed by atoms with Gasteiger partial charge in [0.2, 0.25) is 0 Å². The topological polar surface area (TPSA) is 26.3 Å². The predicted molar refractivity (Wildman–Crippen MR) is 81.6 cm³/mol. The molecule has 20 heavy (non-hydrogen) atoms. The quantitative estimate of drug-likeness (QED) is 0.776. The summed E-state index contributed by atoms with van der Waals surface area (Å²) >= 11 is 5.88. The minimum absolute atomic E-state index is 0.555. The lowest BCUT2D eigenvalue weighted by molar-refractivity contribution is -0.112. The van der Waals surface area contributed by atoms with Gasteiger partial charge in [-0.1, -0.05) is 35.9 Å². The molecule has 2 aromatic carbocycles. The van der Waals surface area contributed by atoms with Crippen molar-refractivity contribution < 1.29 is 9.53 Å². The van der Waals surface area contributed by atoms with E-state index >= 15 is 0 Å². The molecule has 0 heterocycles. The first-order valence-electron chi connectivity index (χ1n) is 6.43. The molecule has 0 saturated carbocycles. The van der Waals surface area contributed by atoms with Crippen molar-refractivity contribution in [2.45, 2.75) is 18.8 Å². The van der Waals surface area contributed by atoms with E-state index in [0.717, 1.165) is 23.2 Å². The number of hydrogen-bond donors (Lipinski definition) is 0. The maximum absolute atomic E-state index is 11.6. The van der Waals surface area contributed by atoms with E-state index in [0.29, 0.717) is 11.4 Å². The molecule has 0 fully saturated rings. The predicted octanol–water partition coefficient (Wildman–Crippen LogP) is 4.05. The molecule has 0 aliphatic rings. The van der Waals surface area contributed by atoms with Gasteiger partial charge in [-0.2, -0.15) is 0 Å². The number of aldehydes is 1. The highest BCUT2D eigenvalue weighted by atomic mass is 35.5. The van der Waals surface area contributed by atoms with Crippen LogP contribution in [0.2, 0.25) is 5.02 Å². The number of methoxy groups -OCH3 is 1. The normalized spacial score (nSPS) is 13.6. The SMILES string of the molecule is COc1ccc(C(C)(C=O)Cc2ccc(Cl)cc2)cc1. The van der Waals surface area contributed by atoms with E-state index < -0.39 is 5.41 Å². The zero-order chi connectivity index (χ0) is 14.6. The molecule has 0 aliphatic carbocycles. The average molecular weight is 289 g/mol. The Labute approximate surface area is 124 Å². The molecule has 0 amide bonds. The molecule has 2 rings (SSSR count). The van der Waals surface area contributed by atoms with Gasteiger partial charge in [-0.3, -0.25) is 0 Å². The van der Waals surface area contributed by atoms with E-state index in [-0.39, 0.29) is 0 Å². The van der Waals surface area contributed by atoms with Gasteiger partial charge in [0.05, 0.1) is 12.5 Å².